The Kier molecular flexibility index (Phi) is 5.03. The summed E-state index contributed by atoms with van der Waals surface area (Å²) in [6, 6.07) is 12.4. The molecule has 0 heterocycles. The molecule has 0 fully saturated rings. The maximum absolute atomic E-state index is 12.4. The highest BCUT2D eigenvalue weighted by Crippen LogP contribution is 2.28. The van der Waals surface area contributed by atoms with Gasteiger partial charge in [-0.15, -0.1) is 0 Å². The lowest BCUT2D eigenvalue weighted by Crippen LogP contribution is -2.32. The minimum absolute atomic E-state index is 0.125. The van der Waals surface area contributed by atoms with Crippen molar-refractivity contribution in [3.05, 3.63) is 59.2 Å². The Balaban J connectivity index is 1.66. The van der Waals surface area contributed by atoms with Gasteiger partial charge in [0.2, 0.25) is 11.8 Å². The summed E-state index contributed by atoms with van der Waals surface area (Å²) in [7, 11) is 0. The molecule has 0 bridgehead atoms. The quantitative estimate of drug-likeness (QED) is 0.784. The average Bonchev–Trinajstić information content (AvgIpc) is 2.62. The van der Waals surface area contributed by atoms with Crippen molar-refractivity contribution < 1.29 is 9.59 Å². The van der Waals surface area contributed by atoms with Gasteiger partial charge in [-0.2, -0.15) is 0 Å². The van der Waals surface area contributed by atoms with Crippen LogP contribution >= 0.6 is 0 Å². The first-order chi connectivity index (χ1) is 12.0. The normalized spacial score (nSPS) is 14.3. The predicted octanol–water partition coefficient (Wildman–Crippen LogP) is 3.10. The molecule has 130 valence electrons. The molecule has 1 atom stereocenters. The molecule has 0 radical (unpaired) electrons. The molecule has 0 aromatic heterocycles. The first-order valence-electron chi connectivity index (χ1n) is 8.62. The van der Waals surface area contributed by atoms with Crippen molar-refractivity contribution in [2.75, 3.05) is 10.6 Å². The number of carbonyl (C=O) groups excluding carboxylic acids is 2. The third kappa shape index (κ3) is 3.99. The standard InChI is InChI=1S/C20H23N3O2/c1-13(20(25)23-16-11-9-15(10-12-16)19(21)24)22-18-8-4-6-14-5-2-3-7-17(14)18/h4,6,8-13,22H,2-3,5,7H2,1H3,(H2,21,24)(H,23,25)/t13-/m1/s1. The average molecular weight is 337 g/mol. The van der Waals surface area contributed by atoms with Gasteiger partial charge in [0.25, 0.3) is 0 Å². The lowest BCUT2D eigenvalue weighted by molar-refractivity contribution is -0.116. The molecule has 4 N–H and O–H groups in total. The molecule has 3 rings (SSSR count). The van der Waals surface area contributed by atoms with E-state index in [1.54, 1.807) is 24.3 Å². The summed E-state index contributed by atoms with van der Waals surface area (Å²) in [5, 5.41) is 6.19. The van der Waals surface area contributed by atoms with Crippen LogP contribution in [0.3, 0.4) is 0 Å². The fourth-order valence-electron chi connectivity index (χ4n) is 3.18. The molecule has 2 amide bonds. The molecule has 2 aromatic carbocycles. The molecule has 1 aliphatic rings. The number of nitrogens with two attached hydrogens (primary N) is 1. The molecule has 0 spiro atoms. The van der Waals surface area contributed by atoms with Crippen molar-refractivity contribution in [1.29, 1.82) is 0 Å². The second-order valence-corrected chi connectivity index (χ2v) is 6.45. The number of aryl methyl sites for hydroxylation is 1. The SMILES string of the molecule is C[C@@H](Nc1cccc2c1CCCC2)C(=O)Nc1ccc(C(N)=O)cc1. The van der Waals surface area contributed by atoms with Crippen LogP contribution in [0.25, 0.3) is 0 Å². The van der Waals surface area contributed by atoms with Crippen LogP contribution in [-0.2, 0) is 17.6 Å². The van der Waals surface area contributed by atoms with Crippen LogP contribution in [-0.4, -0.2) is 17.9 Å². The predicted molar refractivity (Wildman–Crippen MR) is 99.8 cm³/mol. The molecule has 25 heavy (non-hydrogen) atoms. The van der Waals surface area contributed by atoms with E-state index >= 15 is 0 Å². The first-order valence-corrected chi connectivity index (χ1v) is 8.62. The largest absolute Gasteiger partial charge is 0.374 e. The fourth-order valence-corrected chi connectivity index (χ4v) is 3.18. The summed E-state index contributed by atoms with van der Waals surface area (Å²) in [6.07, 6.45) is 4.59. The number of hydrogen-bond acceptors (Lipinski definition) is 3. The minimum Gasteiger partial charge on any atom is -0.374 e. The zero-order valence-corrected chi connectivity index (χ0v) is 14.3. The Labute approximate surface area is 147 Å². The topological polar surface area (TPSA) is 84.2 Å². The number of hydrogen-bond donors (Lipinski definition) is 3. The highest BCUT2D eigenvalue weighted by atomic mass is 16.2. The Hall–Kier alpha value is -2.82. The zero-order valence-electron chi connectivity index (χ0n) is 14.3. The van der Waals surface area contributed by atoms with Gasteiger partial charge in [-0.25, -0.2) is 0 Å². The lowest BCUT2D eigenvalue weighted by Gasteiger charge is -2.22. The van der Waals surface area contributed by atoms with E-state index in [2.05, 4.69) is 16.7 Å². The summed E-state index contributed by atoms with van der Waals surface area (Å²) in [4.78, 5) is 23.5. The summed E-state index contributed by atoms with van der Waals surface area (Å²) in [6.45, 7) is 1.84. The number of nitrogens with one attached hydrogen (secondary N) is 2. The van der Waals surface area contributed by atoms with Crippen LogP contribution in [0, 0.1) is 0 Å². The molecule has 1 aliphatic carbocycles. The number of rotatable bonds is 5. The second kappa shape index (κ2) is 7.38. The molecule has 5 nitrogen and oxygen atoms in total. The van der Waals surface area contributed by atoms with E-state index in [0.717, 1.165) is 18.5 Å². The Morgan fingerprint density at radius 2 is 1.76 bits per heavy atom. The van der Waals surface area contributed by atoms with Crippen LogP contribution in [0.1, 0.15) is 41.3 Å². The van der Waals surface area contributed by atoms with Crippen LogP contribution in [0.2, 0.25) is 0 Å². The Morgan fingerprint density at radius 3 is 2.48 bits per heavy atom. The first kappa shape index (κ1) is 17.0. The van der Waals surface area contributed by atoms with Gasteiger partial charge in [0, 0.05) is 16.9 Å². The fraction of sp³-hybridized carbons (Fsp3) is 0.300. The summed E-state index contributed by atoms with van der Waals surface area (Å²) >= 11 is 0. The smallest absolute Gasteiger partial charge is 0.248 e. The lowest BCUT2D eigenvalue weighted by atomic mass is 9.90. The molecule has 5 heteroatoms. The Morgan fingerprint density at radius 1 is 1.04 bits per heavy atom. The molecule has 0 aliphatic heterocycles. The van der Waals surface area contributed by atoms with Gasteiger partial charge >= 0.3 is 0 Å². The van der Waals surface area contributed by atoms with Crippen LogP contribution in [0.4, 0.5) is 11.4 Å². The van der Waals surface area contributed by atoms with E-state index in [9.17, 15) is 9.59 Å². The van der Waals surface area contributed by atoms with Gasteiger partial charge in [0.1, 0.15) is 6.04 Å². The summed E-state index contributed by atoms with van der Waals surface area (Å²) < 4.78 is 0. The number of carbonyl (C=O) groups is 2. The maximum Gasteiger partial charge on any atom is 0.248 e. The molecule has 2 aromatic rings. The number of anilines is 2. The number of benzene rings is 2. The number of primary amides is 1. The highest BCUT2D eigenvalue weighted by molar-refractivity contribution is 5.97. The van der Waals surface area contributed by atoms with Crippen molar-refractivity contribution in [1.82, 2.24) is 0 Å². The second-order valence-electron chi connectivity index (χ2n) is 6.45. The van der Waals surface area contributed by atoms with E-state index in [4.69, 9.17) is 5.73 Å². The third-order valence-corrected chi connectivity index (χ3v) is 4.60. The molecule has 0 saturated heterocycles. The van der Waals surface area contributed by atoms with E-state index < -0.39 is 5.91 Å². The van der Waals surface area contributed by atoms with Gasteiger partial charge in [0.05, 0.1) is 0 Å². The highest BCUT2D eigenvalue weighted by Gasteiger charge is 2.17. The molecular formula is C20H23N3O2. The van der Waals surface area contributed by atoms with Gasteiger partial charge in [0.15, 0.2) is 0 Å². The minimum atomic E-state index is -0.484. The monoisotopic (exact) mass is 337 g/mol. The molecule has 0 unspecified atom stereocenters. The van der Waals surface area contributed by atoms with Gasteiger partial charge < -0.3 is 16.4 Å². The van der Waals surface area contributed by atoms with Gasteiger partial charge in [-0.3, -0.25) is 9.59 Å². The van der Waals surface area contributed by atoms with Crippen LogP contribution in [0.5, 0.6) is 0 Å². The van der Waals surface area contributed by atoms with E-state index in [1.165, 1.54) is 24.0 Å². The number of fused-ring (bicyclic) bond motifs is 1. The van der Waals surface area contributed by atoms with E-state index in [1.807, 2.05) is 19.1 Å². The van der Waals surface area contributed by atoms with Crippen molar-refractivity contribution in [3.8, 4) is 0 Å². The zero-order chi connectivity index (χ0) is 17.8. The molecular weight excluding hydrogens is 314 g/mol. The maximum atomic E-state index is 12.4. The van der Waals surface area contributed by atoms with Crippen LogP contribution in [0.15, 0.2) is 42.5 Å². The van der Waals surface area contributed by atoms with Crippen LogP contribution < -0.4 is 16.4 Å². The van der Waals surface area contributed by atoms with E-state index in [0.29, 0.717) is 11.3 Å². The van der Waals surface area contributed by atoms with Crippen molar-refractivity contribution >= 4 is 23.2 Å². The third-order valence-electron chi connectivity index (χ3n) is 4.60. The van der Waals surface area contributed by atoms with Crippen molar-refractivity contribution in [2.24, 2.45) is 5.73 Å². The number of amides is 2. The van der Waals surface area contributed by atoms with Gasteiger partial charge in [-0.1, -0.05) is 12.1 Å². The van der Waals surface area contributed by atoms with E-state index in [-0.39, 0.29) is 11.9 Å². The van der Waals surface area contributed by atoms with Crippen molar-refractivity contribution in [3.63, 3.8) is 0 Å². The molecule has 0 saturated carbocycles. The summed E-state index contributed by atoms with van der Waals surface area (Å²) in [5.74, 6) is -0.609. The Bertz CT molecular complexity index is 784. The van der Waals surface area contributed by atoms with Gasteiger partial charge in [-0.05, 0) is 74.1 Å². The summed E-state index contributed by atoms with van der Waals surface area (Å²) in [5.41, 5.74) is 10.0. The van der Waals surface area contributed by atoms with Crippen molar-refractivity contribution in [2.45, 2.75) is 38.6 Å².